The van der Waals surface area contributed by atoms with Crippen molar-refractivity contribution < 1.29 is 14.0 Å². The lowest BCUT2D eigenvalue weighted by Gasteiger charge is -2.10. The summed E-state index contributed by atoms with van der Waals surface area (Å²) < 4.78 is 16.2. The number of nitrogens with zero attached hydrogens (tertiary/aromatic N) is 1. The molecule has 6 nitrogen and oxygen atoms in total. The molecule has 0 saturated heterocycles. The number of hydrogen-bond acceptors (Lipinski definition) is 3. The van der Waals surface area contributed by atoms with E-state index in [0.29, 0.717) is 16.4 Å². The summed E-state index contributed by atoms with van der Waals surface area (Å²) in [5.41, 5.74) is 1.44. The first kappa shape index (κ1) is 23.5. The highest BCUT2D eigenvalue weighted by atomic mass is 35.5. The Morgan fingerprint density at radius 2 is 1.47 bits per heavy atom. The first-order valence-electron chi connectivity index (χ1n) is 11.3. The van der Waals surface area contributed by atoms with Gasteiger partial charge in [0.25, 0.3) is 5.56 Å². The molecule has 1 heterocycles. The Hall–Kier alpha value is -4.23. The Kier molecular flexibility index (Phi) is 6.40. The molecular weight excluding hydrogens is 481 g/mol. The van der Waals surface area contributed by atoms with E-state index in [4.69, 9.17) is 11.6 Å². The molecule has 2 N–H and O–H groups in total. The number of carbonyl (C=O) groups excluding carboxylic acids is 2. The summed E-state index contributed by atoms with van der Waals surface area (Å²) in [5, 5.41) is 6.01. The van der Waals surface area contributed by atoms with Crippen molar-refractivity contribution in [3.8, 4) is 5.69 Å². The van der Waals surface area contributed by atoms with Gasteiger partial charge in [-0.1, -0.05) is 48.0 Å². The summed E-state index contributed by atoms with van der Waals surface area (Å²) in [6.45, 7) is 0. The van der Waals surface area contributed by atoms with Crippen molar-refractivity contribution in [2.24, 2.45) is 11.8 Å². The van der Waals surface area contributed by atoms with Crippen LogP contribution in [0, 0.1) is 17.7 Å². The normalized spacial score (nSPS) is 18.3. The highest BCUT2D eigenvalue weighted by molar-refractivity contribution is 6.30. The van der Waals surface area contributed by atoms with Gasteiger partial charge in [0.15, 0.2) is 0 Å². The summed E-state index contributed by atoms with van der Waals surface area (Å²) in [7, 11) is 0. The third-order valence-electron chi connectivity index (χ3n) is 6.23. The summed E-state index contributed by atoms with van der Waals surface area (Å²) >= 11 is 5.92. The first-order chi connectivity index (χ1) is 17.4. The average molecular weight is 502 g/mol. The zero-order valence-corrected chi connectivity index (χ0v) is 19.7. The van der Waals surface area contributed by atoms with Crippen molar-refractivity contribution >= 4 is 34.8 Å². The summed E-state index contributed by atoms with van der Waals surface area (Å²) in [4.78, 5) is 38.3. The molecule has 5 rings (SSSR count). The number of pyridine rings is 1. The standard InChI is InChI=1S/C28H21ClFN3O3/c29-18-9-11-19(12-10-18)31-27(35)25-24(17-6-2-1-3-7-17)26(25)28(36)32-22-14-13-20(16-21(22)30)33-15-5-4-8-23(33)34/h1-16,24-26H,(H,31,35)(H,32,36). The van der Waals surface area contributed by atoms with E-state index in [9.17, 15) is 18.8 Å². The second-order valence-electron chi connectivity index (χ2n) is 8.55. The second-order valence-corrected chi connectivity index (χ2v) is 8.98. The van der Waals surface area contributed by atoms with E-state index in [1.165, 1.54) is 29.0 Å². The predicted octanol–water partition coefficient (Wildman–Crippen LogP) is 5.24. The van der Waals surface area contributed by atoms with Gasteiger partial charge in [-0.15, -0.1) is 0 Å². The number of hydrogen-bond donors (Lipinski definition) is 2. The SMILES string of the molecule is O=C(Nc1ccc(Cl)cc1)C1C(C(=O)Nc2ccc(-n3ccccc3=O)cc2F)C1c1ccccc1. The van der Waals surface area contributed by atoms with Gasteiger partial charge >= 0.3 is 0 Å². The minimum absolute atomic E-state index is 0.0247. The van der Waals surface area contributed by atoms with Crippen LogP contribution >= 0.6 is 11.6 Å². The fourth-order valence-corrected chi connectivity index (χ4v) is 4.55. The van der Waals surface area contributed by atoms with Gasteiger partial charge in [0, 0.05) is 35.0 Å². The fraction of sp³-hybridized carbons (Fsp3) is 0.107. The smallest absolute Gasteiger partial charge is 0.255 e. The Morgan fingerprint density at radius 3 is 2.14 bits per heavy atom. The van der Waals surface area contributed by atoms with Crippen LogP contribution in [0.2, 0.25) is 5.02 Å². The number of rotatable bonds is 6. The number of nitrogens with one attached hydrogen (secondary N) is 2. The van der Waals surface area contributed by atoms with Crippen molar-refractivity contribution in [2.45, 2.75) is 5.92 Å². The van der Waals surface area contributed by atoms with E-state index >= 15 is 0 Å². The zero-order valence-electron chi connectivity index (χ0n) is 18.9. The van der Waals surface area contributed by atoms with Crippen LogP contribution < -0.4 is 16.2 Å². The van der Waals surface area contributed by atoms with Gasteiger partial charge in [0.2, 0.25) is 11.8 Å². The van der Waals surface area contributed by atoms with Gasteiger partial charge in [-0.2, -0.15) is 0 Å². The van der Waals surface area contributed by atoms with Crippen LogP contribution in [0.5, 0.6) is 0 Å². The van der Waals surface area contributed by atoms with E-state index in [-0.39, 0.29) is 23.1 Å². The average Bonchev–Trinajstić information content (AvgIpc) is 3.64. The fourth-order valence-electron chi connectivity index (χ4n) is 4.42. The molecule has 3 aromatic carbocycles. The van der Waals surface area contributed by atoms with E-state index in [1.807, 2.05) is 30.3 Å². The minimum atomic E-state index is -0.685. The number of benzene rings is 3. The van der Waals surface area contributed by atoms with E-state index in [1.54, 1.807) is 42.5 Å². The van der Waals surface area contributed by atoms with Gasteiger partial charge in [-0.05, 0) is 48.0 Å². The van der Waals surface area contributed by atoms with Crippen molar-refractivity contribution in [3.63, 3.8) is 0 Å². The number of anilines is 2. The highest BCUT2D eigenvalue weighted by Gasteiger charge is 2.59. The molecule has 1 saturated carbocycles. The summed E-state index contributed by atoms with van der Waals surface area (Å²) in [5.74, 6) is -3.07. The van der Waals surface area contributed by atoms with Crippen LogP contribution in [0.3, 0.4) is 0 Å². The Morgan fingerprint density at radius 1 is 0.806 bits per heavy atom. The van der Waals surface area contributed by atoms with Crippen molar-refractivity contribution in [1.82, 2.24) is 4.57 Å². The molecule has 1 fully saturated rings. The third kappa shape index (κ3) is 4.78. The molecule has 1 aliphatic rings. The van der Waals surface area contributed by atoms with Gasteiger partial charge in [0.05, 0.1) is 23.2 Å². The maximum Gasteiger partial charge on any atom is 0.255 e. The van der Waals surface area contributed by atoms with Crippen LogP contribution in [0.4, 0.5) is 15.8 Å². The van der Waals surface area contributed by atoms with Gasteiger partial charge in [-0.25, -0.2) is 4.39 Å². The van der Waals surface area contributed by atoms with Crippen LogP contribution in [0.1, 0.15) is 11.5 Å². The molecule has 0 aliphatic heterocycles. The number of halogens is 2. The Balaban J connectivity index is 1.36. The molecule has 2 amide bonds. The van der Waals surface area contributed by atoms with Gasteiger partial charge < -0.3 is 10.6 Å². The Bertz CT molecular complexity index is 1490. The molecular formula is C28H21ClFN3O3. The van der Waals surface area contributed by atoms with E-state index in [2.05, 4.69) is 10.6 Å². The van der Waals surface area contributed by atoms with Gasteiger partial charge in [0.1, 0.15) is 5.82 Å². The largest absolute Gasteiger partial charge is 0.326 e. The molecule has 8 heteroatoms. The number of aromatic nitrogens is 1. The van der Waals surface area contributed by atoms with Crippen LogP contribution in [0.15, 0.2) is 102 Å². The third-order valence-corrected chi connectivity index (χ3v) is 6.48. The van der Waals surface area contributed by atoms with Gasteiger partial charge in [-0.3, -0.25) is 19.0 Å². The van der Waals surface area contributed by atoms with Crippen molar-refractivity contribution in [2.75, 3.05) is 10.6 Å². The molecule has 0 bridgehead atoms. The lowest BCUT2D eigenvalue weighted by atomic mass is 10.1. The van der Waals surface area contributed by atoms with Crippen LogP contribution in [0.25, 0.3) is 5.69 Å². The molecule has 1 aliphatic carbocycles. The quantitative estimate of drug-likeness (QED) is 0.379. The second kappa shape index (κ2) is 9.79. The lowest BCUT2D eigenvalue weighted by molar-refractivity contribution is -0.122. The highest BCUT2D eigenvalue weighted by Crippen LogP contribution is 2.55. The topological polar surface area (TPSA) is 80.2 Å². The first-order valence-corrected chi connectivity index (χ1v) is 11.7. The Labute approximate surface area is 211 Å². The molecule has 0 spiro atoms. The molecule has 3 unspecified atom stereocenters. The maximum atomic E-state index is 14.9. The van der Waals surface area contributed by atoms with E-state index < -0.39 is 23.6 Å². The predicted molar refractivity (Wildman–Crippen MR) is 137 cm³/mol. The molecule has 1 aromatic heterocycles. The minimum Gasteiger partial charge on any atom is -0.326 e. The van der Waals surface area contributed by atoms with Crippen LogP contribution in [-0.4, -0.2) is 16.4 Å². The summed E-state index contributed by atoms with van der Waals surface area (Å²) in [6, 6.07) is 24.8. The molecule has 3 atom stereocenters. The monoisotopic (exact) mass is 501 g/mol. The lowest BCUT2D eigenvalue weighted by Crippen LogP contribution is -2.21. The zero-order chi connectivity index (χ0) is 25.2. The van der Waals surface area contributed by atoms with Crippen molar-refractivity contribution in [3.05, 3.63) is 124 Å². The molecule has 4 aromatic rings. The molecule has 36 heavy (non-hydrogen) atoms. The summed E-state index contributed by atoms with van der Waals surface area (Å²) in [6.07, 6.45) is 1.54. The molecule has 180 valence electrons. The van der Waals surface area contributed by atoms with E-state index in [0.717, 1.165) is 5.56 Å². The van der Waals surface area contributed by atoms with Crippen molar-refractivity contribution in [1.29, 1.82) is 0 Å². The maximum absolute atomic E-state index is 14.9. The number of amides is 2. The number of carbonyl (C=O) groups is 2. The van der Waals surface area contributed by atoms with Crippen LogP contribution in [-0.2, 0) is 9.59 Å². The molecule has 0 radical (unpaired) electrons.